The standard InChI is InChI=1S/C34H44ClN7S/c1-25-20-26(2)23-42(22-25)31-21-30(41-18-16-40(17-19-41)29-8-4-3-5-9-29)37-32(38-31)39-33(43)36-24-34(14-6-7-15-34)27-10-12-28(35)13-11-27/h3-5,8-13,21,25-26H,6-7,14-20,22-24H2,1-2H3,(H2,36,37,38,39,43)/t25-,26+. The Kier molecular flexibility index (Phi) is 9.24. The summed E-state index contributed by atoms with van der Waals surface area (Å²) in [5.41, 5.74) is 2.66. The fourth-order valence-corrected chi connectivity index (χ4v) is 7.59. The van der Waals surface area contributed by atoms with E-state index in [1.165, 1.54) is 30.5 Å². The summed E-state index contributed by atoms with van der Waals surface area (Å²) in [6, 6.07) is 21.2. The summed E-state index contributed by atoms with van der Waals surface area (Å²) in [4.78, 5) is 17.3. The molecule has 7 nitrogen and oxygen atoms in total. The van der Waals surface area contributed by atoms with Gasteiger partial charge in [-0.05, 0) is 73.1 Å². The molecule has 2 aromatic carbocycles. The molecule has 1 saturated carbocycles. The van der Waals surface area contributed by atoms with E-state index in [0.717, 1.165) is 75.3 Å². The van der Waals surface area contributed by atoms with Gasteiger partial charge in [0.2, 0.25) is 5.95 Å². The van der Waals surface area contributed by atoms with Crippen molar-refractivity contribution in [2.75, 3.05) is 65.8 Å². The Balaban J connectivity index is 1.18. The Morgan fingerprint density at radius 1 is 0.860 bits per heavy atom. The van der Waals surface area contributed by atoms with E-state index in [1.807, 2.05) is 12.1 Å². The van der Waals surface area contributed by atoms with Crippen LogP contribution in [0.4, 0.5) is 23.3 Å². The van der Waals surface area contributed by atoms with Gasteiger partial charge in [0.05, 0.1) is 0 Å². The van der Waals surface area contributed by atoms with Crippen molar-refractivity contribution in [1.29, 1.82) is 0 Å². The number of hydrogen-bond acceptors (Lipinski definition) is 6. The van der Waals surface area contributed by atoms with E-state index in [4.69, 9.17) is 33.8 Å². The maximum absolute atomic E-state index is 6.20. The summed E-state index contributed by atoms with van der Waals surface area (Å²) in [5, 5.41) is 8.25. The number of halogens is 1. The summed E-state index contributed by atoms with van der Waals surface area (Å²) in [5.74, 6) is 3.76. The second-order valence-corrected chi connectivity index (χ2v) is 13.7. The average molecular weight is 618 g/mol. The summed E-state index contributed by atoms with van der Waals surface area (Å²) in [7, 11) is 0. The predicted octanol–water partition coefficient (Wildman–Crippen LogP) is 6.74. The lowest BCUT2D eigenvalue weighted by Crippen LogP contribution is -2.47. The van der Waals surface area contributed by atoms with Crippen LogP contribution in [-0.4, -0.2) is 60.9 Å². The van der Waals surface area contributed by atoms with Crippen molar-refractivity contribution in [2.24, 2.45) is 11.8 Å². The number of nitrogens with one attached hydrogen (secondary N) is 2. The molecule has 3 aliphatic rings. The zero-order valence-corrected chi connectivity index (χ0v) is 27.0. The van der Waals surface area contributed by atoms with Gasteiger partial charge >= 0.3 is 0 Å². The minimum absolute atomic E-state index is 0.0582. The second kappa shape index (κ2) is 13.3. The molecule has 2 aliphatic heterocycles. The van der Waals surface area contributed by atoms with Gasteiger partial charge in [-0.15, -0.1) is 0 Å². The molecule has 6 rings (SSSR count). The molecule has 2 atom stereocenters. The van der Waals surface area contributed by atoms with Gasteiger partial charge in [0.25, 0.3) is 0 Å². The van der Waals surface area contributed by atoms with Crippen LogP contribution >= 0.6 is 23.8 Å². The molecule has 9 heteroatoms. The van der Waals surface area contributed by atoms with Crippen LogP contribution in [-0.2, 0) is 5.41 Å². The number of thiocarbonyl (C=S) groups is 1. The molecule has 228 valence electrons. The van der Waals surface area contributed by atoms with Gasteiger partial charge in [0.15, 0.2) is 5.11 Å². The van der Waals surface area contributed by atoms with E-state index in [-0.39, 0.29) is 5.41 Å². The molecule has 0 bridgehead atoms. The molecule has 3 aromatic rings. The molecular weight excluding hydrogens is 574 g/mol. The molecule has 2 saturated heterocycles. The zero-order valence-electron chi connectivity index (χ0n) is 25.4. The Labute approximate surface area is 267 Å². The molecule has 1 aliphatic carbocycles. The van der Waals surface area contributed by atoms with Crippen LogP contribution < -0.4 is 25.3 Å². The van der Waals surface area contributed by atoms with Crippen molar-refractivity contribution in [3.8, 4) is 0 Å². The van der Waals surface area contributed by atoms with Gasteiger partial charge in [-0.3, -0.25) is 0 Å². The summed E-state index contributed by atoms with van der Waals surface area (Å²) >= 11 is 12.0. The number of hydrogen-bond donors (Lipinski definition) is 2. The minimum Gasteiger partial charge on any atom is -0.368 e. The number of anilines is 4. The van der Waals surface area contributed by atoms with E-state index in [1.54, 1.807) is 0 Å². The van der Waals surface area contributed by atoms with Crippen molar-refractivity contribution in [1.82, 2.24) is 15.3 Å². The van der Waals surface area contributed by atoms with E-state index in [9.17, 15) is 0 Å². The van der Waals surface area contributed by atoms with Crippen LogP contribution in [0.1, 0.15) is 51.5 Å². The number of nitrogens with zero attached hydrogens (tertiary/aromatic N) is 5. The zero-order chi connectivity index (χ0) is 29.8. The third-order valence-electron chi connectivity index (χ3n) is 9.45. The van der Waals surface area contributed by atoms with Crippen molar-refractivity contribution < 1.29 is 0 Å². The van der Waals surface area contributed by atoms with E-state index in [2.05, 4.69) is 87.7 Å². The van der Waals surface area contributed by atoms with E-state index < -0.39 is 0 Å². The molecule has 3 fully saturated rings. The fraction of sp³-hybridized carbons (Fsp3) is 0.500. The number of aromatic nitrogens is 2. The number of benzene rings is 2. The van der Waals surface area contributed by atoms with Gasteiger partial charge in [-0.1, -0.05) is 68.6 Å². The van der Waals surface area contributed by atoms with Crippen molar-refractivity contribution in [3.05, 3.63) is 71.2 Å². The highest BCUT2D eigenvalue weighted by Gasteiger charge is 2.35. The average Bonchev–Trinajstić information content (AvgIpc) is 3.50. The second-order valence-electron chi connectivity index (χ2n) is 12.9. The molecule has 0 amide bonds. The van der Waals surface area contributed by atoms with Crippen LogP contribution in [0.25, 0.3) is 0 Å². The normalized spacial score (nSPS) is 22.0. The highest BCUT2D eigenvalue weighted by atomic mass is 35.5. The van der Waals surface area contributed by atoms with Crippen molar-refractivity contribution in [3.63, 3.8) is 0 Å². The largest absolute Gasteiger partial charge is 0.368 e. The lowest BCUT2D eigenvalue weighted by Gasteiger charge is -2.38. The van der Waals surface area contributed by atoms with E-state index in [0.29, 0.717) is 22.9 Å². The Hall–Kier alpha value is -3.10. The van der Waals surface area contributed by atoms with Gasteiger partial charge in [-0.25, -0.2) is 0 Å². The van der Waals surface area contributed by atoms with Gasteiger partial charge in [0.1, 0.15) is 11.6 Å². The topological polar surface area (TPSA) is 59.6 Å². The Morgan fingerprint density at radius 2 is 1.47 bits per heavy atom. The Morgan fingerprint density at radius 3 is 2.12 bits per heavy atom. The van der Waals surface area contributed by atoms with Crippen LogP contribution in [0.15, 0.2) is 60.7 Å². The smallest absolute Gasteiger partial charge is 0.232 e. The van der Waals surface area contributed by atoms with Crippen molar-refractivity contribution >= 4 is 52.2 Å². The molecule has 1 aromatic heterocycles. The first kappa shape index (κ1) is 29.9. The molecule has 2 N–H and O–H groups in total. The summed E-state index contributed by atoms with van der Waals surface area (Å²) < 4.78 is 0. The lowest BCUT2D eigenvalue weighted by molar-refractivity contribution is 0.355. The highest BCUT2D eigenvalue weighted by Crippen LogP contribution is 2.41. The Bertz CT molecular complexity index is 1360. The van der Waals surface area contributed by atoms with Gasteiger partial charge < -0.3 is 25.3 Å². The molecule has 3 heterocycles. The van der Waals surface area contributed by atoms with E-state index >= 15 is 0 Å². The first-order chi connectivity index (χ1) is 20.9. The minimum atomic E-state index is 0.0582. The SMILES string of the molecule is C[C@@H]1C[C@H](C)CN(c2cc(N3CCN(c4ccccc4)CC3)nc(NC(=S)NCC3(c4ccc(Cl)cc4)CCCC3)n2)C1. The third-order valence-corrected chi connectivity index (χ3v) is 9.95. The number of para-hydroxylation sites is 1. The maximum atomic E-state index is 6.20. The lowest BCUT2D eigenvalue weighted by atomic mass is 9.79. The monoisotopic (exact) mass is 617 g/mol. The van der Waals surface area contributed by atoms with Crippen LogP contribution in [0.3, 0.4) is 0 Å². The summed E-state index contributed by atoms with van der Waals surface area (Å²) in [6.45, 7) is 11.2. The molecule has 0 spiro atoms. The third kappa shape index (κ3) is 7.18. The van der Waals surface area contributed by atoms with Crippen LogP contribution in [0.5, 0.6) is 0 Å². The van der Waals surface area contributed by atoms with Crippen molar-refractivity contribution in [2.45, 2.75) is 51.4 Å². The molecule has 0 unspecified atom stereocenters. The molecule has 43 heavy (non-hydrogen) atoms. The van der Waals surface area contributed by atoms with Gasteiger partial charge in [0, 0.05) is 68.0 Å². The van der Waals surface area contributed by atoms with Gasteiger partial charge in [-0.2, -0.15) is 9.97 Å². The molecule has 0 radical (unpaired) electrons. The first-order valence-corrected chi connectivity index (χ1v) is 16.7. The van der Waals surface area contributed by atoms with Crippen LogP contribution in [0.2, 0.25) is 5.02 Å². The number of piperidine rings is 1. The molecular formula is C34H44ClN7S. The fourth-order valence-electron chi connectivity index (χ4n) is 7.30. The number of piperazine rings is 1. The summed E-state index contributed by atoms with van der Waals surface area (Å²) in [6.07, 6.45) is 5.98. The van der Waals surface area contributed by atoms with Crippen LogP contribution in [0, 0.1) is 11.8 Å². The first-order valence-electron chi connectivity index (χ1n) is 15.9. The predicted molar refractivity (Wildman–Crippen MR) is 184 cm³/mol. The highest BCUT2D eigenvalue weighted by molar-refractivity contribution is 7.80. The maximum Gasteiger partial charge on any atom is 0.232 e. The number of rotatable bonds is 7. The quantitative estimate of drug-likeness (QED) is 0.283.